The lowest BCUT2D eigenvalue weighted by atomic mass is 9.87. The minimum absolute atomic E-state index is 0.352. The Kier molecular flexibility index (Phi) is 2.79. The van der Waals surface area contributed by atoms with Crippen molar-refractivity contribution in [1.82, 2.24) is 4.98 Å². The van der Waals surface area contributed by atoms with Crippen LogP contribution < -0.4 is 10.1 Å². The molecule has 1 aliphatic rings. The molecule has 1 N–H and O–H groups in total. The maximum atomic E-state index is 11.8. The number of hydrogen-bond acceptors (Lipinski definition) is 4. The molecule has 0 saturated heterocycles. The third-order valence-corrected chi connectivity index (χ3v) is 2.93. The minimum atomic E-state index is -0.894. The summed E-state index contributed by atoms with van der Waals surface area (Å²) in [6, 6.07) is 5.48. The lowest BCUT2D eigenvalue weighted by Gasteiger charge is -2.31. The first-order valence-corrected chi connectivity index (χ1v) is 5.78. The van der Waals surface area contributed by atoms with Crippen LogP contribution >= 0.6 is 15.9 Å². The molecule has 0 aromatic carbocycles. The first-order valence-electron chi connectivity index (χ1n) is 4.99. The fourth-order valence-corrected chi connectivity index (χ4v) is 1.81. The molecular weight excluding hydrogens is 286 g/mol. The Morgan fingerprint density at radius 1 is 1.59 bits per heavy atom. The van der Waals surface area contributed by atoms with E-state index >= 15 is 0 Å². The summed E-state index contributed by atoms with van der Waals surface area (Å²) in [5, 5.41) is 11.7. The summed E-state index contributed by atoms with van der Waals surface area (Å²) in [6.07, 6.45) is -0.831. The van der Waals surface area contributed by atoms with E-state index in [1.807, 2.05) is 0 Å². The van der Waals surface area contributed by atoms with Gasteiger partial charge in [-0.3, -0.25) is 4.79 Å². The second-order valence-corrected chi connectivity index (χ2v) is 5.11. The predicted molar refractivity (Wildman–Crippen MR) is 64.4 cm³/mol. The minimum Gasteiger partial charge on any atom is -0.475 e. The molecule has 6 heteroatoms. The number of hydrogen-bond donors (Lipinski definition) is 1. The maximum absolute atomic E-state index is 11.8. The number of carbonyl (C=O) groups is 1. The van der Waals surface area contributed by atoms with Crippen molar-refractivity contribution in [2.45, 2.75) is 20.0 Å². The summed E-state index contributed by atoms with van der Waals surface area (Å²) in [7, 11) is 0. The quantitative estimate of drug-likeness (QED) is 0.805. The van der Waals surface area contributed by atoms with E-state index < -0.39 is 11.5 Å². The van der Waals surface area contributed by atoms with Crippen molar-refractivity contribution >= 4 is 27.7 Å². The van der Waals surface area contributed by atoms with E-state index in [4.69, 9.17) is 10.00 Å². The number of nitrogens with one attached hydrogen (secondary N) is 1. The second-order valence-electron chi connectivity index (χ2n) is 4.30. The van der Waals surface area contributed by atoms with Crippen LogP contribution in [0.1, 0.15) is 13.8 Å². The molecule has 0 bridgehead atoms. The van der Waals surface area contributed by atoms with Crippen LogP contribution in [0.25, 0.3) is 0 Å². The molecule has 0 aliphatic carbocycles. The summed E-state index contributed by atoms with van der Waals surface area (Å²) in [6.45, 7) is 3.32. The van der Waals surface area contributed by atoms with Crippen molar-refractivity contribution in [2.75, 3.05) is 5.32 Å². The Morgan fingerprint density at radius 3 is 2.94 bits per heavy atom. The lowest BCUT2D eigenvalue weighted by molar-refractivity contribution is -0.127. The molecule has 1 aliphatic heterocycles. The number of halogens is 1. The number of rotatable bonds is 1. The number of aromatic nitrogens is 1. The van der Waals surface area contributed by atoms with Gasteiger partial charge in [-0.1, -0.05) is 0 Å². The zero-order chi connectivity index (χ0) is 12.6. The molecule has 2 heterocycles. The van der Waals surface area contributed by atoms with E-state index in [2.05, 4.69) is 32.3 Å². The highest BCUT2D eigenvalue weighted by atomic mass is 79.9. The number of ether oxygens (including phenoxy) is 1. The molecule has 0 spiro atoms. The van der Waals surface area contributed by atoms with E-state index in [-0.39, 0.29) is 5.91 Å². The number of nitrogens with zero attached hydrogens (tertiary/aromatic N) is 2. The highest BCUT2D eigenvalue weighted by molar-refractivity contribution is 9.10. The van der Waals surface area contributed by atoms with Crippen molar-refractivity contribution in [2.24, 2.45) is 5.41 Å². The van der Waals surface area contributed by atoms with Gasteiger partial charge in [0.15, 0.2) is 17.7 Å². The van der Waals surface area contributed by atoms with Gasteiger partial charge in [0.25, 0.3) is 5.91 Å². The van der Waals surface area contributed by atoms with E-state index in [1.54, 1.807) is 26.0 Å². The topological polar surface area (TPSA) is 75.0 Å². The molecule has 1 unspecified atom stereocenters. The first-order chi connectivity index (χ1) is 7.94. The van der Waals surface area contributed by atoms with Gasteiger partial charge < -0.3 is 10.1 Å². The second kappa shape index (κ2) is 4.00. The van der Waals surface area contributed by atoms with Crippen LogP contribution in [0.3, 0.4) is 0 Å². The molecule has 1 aromatic heterocycles. The maximum Gasteiger partial charge on any atom is 0.268 e. The fourth-order valence-electron chi connectivity index (χ4n) is 1.50. The predicted octanol–water partition coefficient (Wildman–Crippen LogP) is 2.09. The van der Waals surface area contributed by atoms with Gasteiger partial charge in [0.05, 0.1) is 11.5 Å². The van der Waals surface area contributed by atoms with Crippen molar-refractivity contribution in [3.05, 3.63) is 16.7 Å². The van der Waals surface area contributed by atoms with Crippen molar-refractivity contribution in [1.29, 1.82) is 5.26 Å². The standard InChI is InChI=1S/C11H10BrN3O2/c1-11(2,5-13)8-10(16)15-9-6(17-8)3-4-7(12)14-9/h3-4,8H,1-2H3,(H,14,15,16). The third-order valence-electron chi connectivity index (χ3n) is 2.49. The fraction of sp³-hybridized carbons (Fsp3) is 0.364. The van der Waals surface area contributed by atoms with Crippen molar-refractivity contribution in [3.8, 4) is 11.8 Å². The molecule has 1 aromatic rings. The summed E-state index contributed by atoms with van der Waals surface area (Å²) < 4.78 is 6.15. The highest BCUT2D eigenvalue weighted by Gasteiger charge is 2.41. The van der Waals surface area contributed by atoms with Crippen LogP contribution in [-0.2, 0) is 4.79 Å². The van der Waals surface area contributed by atoms with Crippen molar-refractivity contribution in [3.63, 3.8) is 0 Å². The van der Waals surface area contributed by atoms with E-state index in [0.29, 0.717) is 16.2 Å². The number of anilines is 1. The highest BCUT2D eigenvalue weighted by Crippen LogP contribution is 2.34. The Labute approximate surface area is 107 Å². The number of amides is 1. The summed E-state index contributed by atoms with van der Waals surface area (Å²) in [5.74, 6) is 0.491. The molecule has 1 amide bonds. The van der Waals surface area contributed by atoms with Gasteiger partial charge in [0.2, 0.25) is 0 Å². The van der Waals surface area contributed by atoms with Crippen LogP contribution in [0.2, 0.25) is 0 Å². The monoisotopic (exact) mass is 295 g/mol. The van der Waals surface area contributed by atoms with Gasteiger partial charge in [-0.25, -0.2) is 4.98 Å². The van der Waals surface area contributed by atoms with E-state index in [0.717, 1.165) is 0 Å². The van der Waals surface area contributed by atoms with Gasteiger partial charge >= 0.3 is 0 Å². The van der Waals surface area contributed by atoms with E-state index in [1.165, 1.54) is 0 Å². The smallest absolute Gasteiger partial charge is 0.268 e. The van der Waals surface area contributed by atoms with Gasteiger partial charge in [0.1, 0.15) is 4.60 Å². The molecule has 17 heavy (non-hydrogen) atoms. The van der Waals surface area contributed by atoms with Crippen LogP contribution in [0.4, 0.5) is 5.82 Å². The number of fused-ring (bicyclic) bond motifs is 1. The molecule has 1 atom stereocenters. The molecule has 2 rings (SSSR count). The largest absolute Gasteiger partial charge is 0.475 e. The lowest BCUT2D eigenvalue weighted by Crippen LogP contribution is -2.46. The van der Waals surface area contributed by atoms with Crippen LogP contribution in [0.15, 0.2) is 16.7 Å². The van der Waals surface area contributed by atoms with E-state index in [9.17, 15) is 4.79 Å². The molecule has 0 fully saturated rings. The van der Waals surface area contributed by atoms with Crippen LogP contribution in [0, 0.1) is 16.7 Å². The zero-order valence-corrected chi connectivity index (χ0v) is 10.9. The number of pyridine rings is 1. The molecule has 5 nitrogen and oxygen atoms in total. The molecule has 0 radical (unpaired) electrons. The molecule has 0 saturated carbocycles. The number of carbonyl (C=O) groups excluding carboxylic acids is 1. The van der Waals surface area contributed by atoms with Gasteiger partial charge in [-0.15, -0.1) is 0 Å². The molecule has 88 valence electrons. The van der Waals surface area contributed by atoms with Gasteiger partial charge in [-0.2, -0.15) is 5.26 Å². The average Bonchev–Trinajstić information content (AvgIpc) is 2.27. The van der Waals surface area contributed by atoms with Crippen LogP contribution in [-0.4, -0.2) is 17.0 Å². The summed E-state index contributed by atoms with van der Waals surface area (Å²) in [4.78, 5) is 15.9. The summed E-state index contributed by atoms with van der Waals surface area (Å²) >= 11 is 3.21. The number of nitriles is 1. The third kappa shape index (κ3) is 2.11. The SMILES string of the molecule is CC(C)(C#N)C1Oc2ccc(Br)nc2NC1=O. The molecular formula is C11H10BrN3O2. The Morgan fingerprint density at radius 2 is 2.29 bits per heavy atom. The first kappa shape index (κ1) is 11.9. The normalized spacial score (nSPS) is 18.7. The zero-order valence-electron chi connectivity index (χ0n) is 9.32. The average molecular weight is 296 g/mol. The van der Waals surface area contributed by atoms with Gasteiger partial charge in [-0.05, 0) is 41.9 Å². The van der Waals surface area contributed by atoms with Gasteiger partial charge in [0, 0.05) is 0 Å². The van der Waals surface area contributed by atoms with Crippen molar-refractivity contribution < 1.29 is 9.53 Å². The van der Waals surface area contributed by atoms with Crippen LogP contribution in [0.5, 0.6) is 5.75 Å². The Hall–Kier alpha value is -1.61. The Balaban J connectivity index is 2.38. The Bertz CT molecular complexity index is 522. The summed E-state index contributed by atoms with van der Waals surface area (Å²) in [5.41, 5.74) is -0.894.